The van der Waals surface area contributed by atoms with E-state index in [9.17, 15) is 4.79 Å². The van der Waals surface area contributed by atoms with Gasteiger partial charge in [0.2, 0.25) is 0 Å². The van der Waals surface area contributed by atoms with Crippen LogP contribution in [-0.4, -0.2) is 52.8 Å². The highest BCUT2D eigenvalue weighted by Crippen LogP contribution is 2.39. The van der Waals surface area contributed by atoms with Crippen LogP contribution in [0.1, 0.15) is 87.0 Å². The van der Waals surface area contributed by atoms with Crippen LogP contribution in [-0.2, 0) is 4.79 Å². The molecule has 0 aromatic heterocycles. The molecule has 0 bridgehead atoms. The van der Waals surface area contributed by atoms with Crippen LogP contribution in [0.3, 0.4) is 0 Å². The minimum absolute atomic E-state index is 0.0675. The first-order valence-corrected chi connectivity index (χ1v) is 13.5. The first-order valence-electron chi connectivity index (χ1n) is 12.7. The number of carbonyl (C=O) groups is 1. The second kappa shape index (κ2) is 11.8. The van der Waals surface area contributed by atoms with Crippen molar-refractivity contribution >= 4 is 34.8 Å². The molecule has 4 nitrogen and oxygen atoms in total. The van der Waals surface area contributed by atoms with Gasteiger partial charge in [0.25, 0.3) is 5.91 Å². The number of rotatable bonds is 10. The van der Waals surface area contributed by atoms with E-state index in [-0.39, 0.29) is 22.8 Å². The van der Waals surface area contributed by atoms with Gasteiger partial charge in [-0.05, 0) is 49.1 Å². The number of aliphatic imine (C=N–C) groups is 1. The number of halogens is 2. The van der Waals surface area contributed by atoms with Crippen LogP contribution in [0.5, 0.6) is 0 Å². The van der Waals surface area contributed by atoms with Crippen molar-refractivity contribution in [2.24, 2.45) is 15.8 Å². The SMILES string of the molecule is C=C/C(Cl)=C\C(Cl)=C/CC1=NC2(CCN(CCC(C)(C)C)C2)N(C(CC)CCC(C)(C)C)C1=O. The summed E-state index contributed by atoms with van der Waals surface area (Å²) in [4.78, 5) is 23.5. The van der Waals surface area contributed by atoms with Gasteiger partial charge in [-0.25, -0.2) is 0 Å². The highest BCUT2D eigenvalue weighted by atomic mass is 35.5. The van der Waals surface area contributed by atoms with Crippen molar-refractivity contribution in [1.29, 1.82) is 0 Å². The third-order valence-corrected chi connectivity index (χ3v) is 7.29. The molecule has 2 atom stereocenters. The van der Waals surface area contributed by atoms with Gasteiger partial charge in [-0.1, -0.05) is 90.4 Å². The third kappa shape index (κ3) is 8.24. The smallest absolute Gasteiger partial charge is 0.270 e. The van der Waals surface area contributed by atoms with Crippen LogP contribution in [0.15, 0.2) is 39.9 Å². The molecule has 0 aliphatic carbocycles. The highest BCUT2D eigenvalue weighted by molar-refractivity contribution is 6.41. The second-order valence-corrected chi connectivity index (χ2v) is 13.1. The molecule has 1 spiro atoms. The van der Waals surface area contributed by atoms with Crippen LogP contribution in [0, 0.1) is 10.8 Å². The van der Waals surface area contributed by atoms with Crippen LogP contribution in [0.2, 0.25) is 0 Å². The Kier molecular flexibility index (Phi) is 10.1. The molecule has 0 saturated carbocycles. The Morgan fingerprint density at radius 3 is 2.35 bits per heavy atom. The lowest BCUT2D eigenvalue weighted by Crippen LogP contribution is -2.54. The van der Waals surface area contributed by atoms with E-state index in [1.54, 1.807) is 12.2 Å². The van der Waals surface area contributed by atoms with Gasteiger partial charge in [0.15, 0.2) is 0 Å². The van der Waals surface area contributed by atoms with Gasteiger partial charge in [-0.15, -0.1) is 0 Å². The van der Waals surface area contributed by atoms with Crippen LogP contribution >= 0.6 is 23.2 Å². The van der Waals surface area contributed by atoms with Gasteiger partial charge in [-0.2, -0.15) is 0 Å². The van der Waals surface area contributed by atoms with Gasteiger partial charge in [-0.3, -0.25) is 14.7 Å². The Hall–Kier alpha value is -1.10. The molecule has 2 aliphatic rings. The molecular weight excluding hydrogens is 465 g/mol. The Morgan fingerprint density at radius 2 is 1.79 bits per heavy atom. The van der Waals surface area contributed by atoms with Gasteiger partial charge in [0, 0.05) is 42.0 Å². The summed E-state index contributed by atoms with van der Waals surface area (Å²) in [6.45, 7) is 22.3. The molecule has 1 amide bonds. The van der Waals surface area contributed by atoms with Crippen LogP contribution in [0.25, 0.3) is 0 Å². The number of hydrogen-bond acceptors (Lipinski definition) is 3. The topological polar surface area (TPSA) is 35.9 Å². The lowest BCUT2D eigenvalue weighted by atomic mass is 9.87. The fraction of sp³-hybridized carbons (Fsp3) is 0.714. The Morgan fingerprint density at radius 1 is 1.15 bits per heavy atom. The number of likely N-dealkylation sites (tertiary alicyclic amines) is 1. The molecule has 0 N–H and O–H groups in total. The van der Waals surface area contributed by atoms with E-state index in [0.717, 1.165) is 51.7 Å². The van der Waals surface area contributed by atoms with Crippen molar-refractivity contribution in [3.8, 4) is 0 Å². The minimum atomic E-state index is -0.461. The van der Waals surface area contributed by atoms with Crippen molar-refractivity contribution < 1.29 is 4.79 Å². The molecule has 2 heterocycles. The lowest BCUT2D eigenvalue weighted by Gasteiger charge is -2.40. The Balaban J connectivity index is 2.31. The summed E-state index contributed by atoms with van der Waals surface area (Å²) in [6.07, 6.45) is 10.4. The molecule has 1 fully saturated rings. The zero-order valence-corrected chi connectivity index (χ0v) is 23.9. The lowest BCUT2D eigenvalue weighted by molar-refractivity contribution is -0.131. The molecule has 2 unspecified atom stereocenters. The molecule has 1 saturated heterocycles. The molecular formula is C28H45Cl2N3O. The average molecular weight is 511 g/mol. The van der Waals surface area contributed by atoms with Crippen LogP contribution in [0.4, 0.5) is 0 Å². The number of nitrogens with zero attached hydrogens (tertiary/aromatic N) is 3. The average Bonchev–Trinajstić information content (AvgIpc) is 3.25. The normalized spacial score (nSPS) is 23.7. The van der Waals surface area contributed by atoms with Crippen molar-refractivity contribution in [2.75, 3.05) is 19.6 Å². The summed E-state index contributed by atoms with van der Waals surface area (Å²) < 4.78 is 0. The maximum atomic E-state index is 13.8. The van der Waals surface area contributed by atoms with E-state index in [1.165, 1.54) is 0 Å². The van der Waals surface area contributed by atoms with E-state index >= 15 is 0 Å². The summed E-state index contributed by atoms with van der Waals surface area (Å²) in [5.41, 5.74) is 0.662. The first-order chi connectivity index (χ1) is 15.7. The van der Waals surface area contributed by atoms with Crippen molar-refractivity contribution in [1.82, 2.24) is 9.80 Å². The summed E-state index contributed by atoms with van der Waals surface area (Å²) in [6, 6.07) is 0.185. The molecule has 0 radical (unpaired) electrons. The fourth-order valence-corrected chi connectivity index (χ4v) is 5.07. The van der Waals surface area contributed by atoms with Crippen molar-refractivity contribution in [3.63, 3.8) is 0 Å². The van der Waals surface area contributed by atoms with Crippen molar-refractivity contribution in [3.05, 3.63) is 34.9 Å². The van der Waals surface area contributed by atoms with Crippen LogP contribution < -0.4 is 0 Å². The Bertz CT molecular complexity index is 832. The fourth-order valence-electron chi connectivity index (χ4n) is 4.70. The predicted molar refractivity (Wildman–Crippen MR) is 148 cm³/mol. The predicted octanol–water partition coefficient (Wildman–Crippen LogP) is 7.53. The summed E-state index contributed by atoms with van der Waals surface area (Å²) in [5, 5.41) is 0.962. The summed E-state index contributed by atoms with van der Waals surface area (Å²) in [7, 11) is 0. The van der Waals surface area contributed by atoms with E-state index < -0.39 is 5.66 Å². The number of allylic oxidation sites excluding steroid dienone is 5. The molecule has 34 heavy (non-hydrogen) atoms. The minimum Gasteiger partial charge on any atom is -0.309 e. The number of hydrogen-bond donors (Lipinski definition) is 0. The largest absolute Gasteiger partial charge is 0.309 e. The zero-order chi connectivity index (χ0) is 25.7. The molecule has 6 heteroatoms. The Labute approximate surface area is 218 Å². The van der Waals surface area contributed by atoms with E-state index in [0.29, 0.717) is 22.2 Å². The van der Waals surface area contributed by atoms with Gasteiger partial charge < -0.3 is 4.90 Å². The third-order valence-electron chi connectivity index (χ3n) is 6.77. The molecule has 2 aliphatic heterocycles. The van der Waals surface area contributed by atoms with E-state index in [4.69, 9.17) is 28.2 Å². The maximum absolute atomic E-state index is 13.8. The number of carbonyl (C=O) groups excluding carboxylic acids is 1. The first kappa shape index (κ1) is 29.1. The summed E-state index contributed by atoms with van der Waals surface area (Å²) >= 11 is 12.4. The van der Waals surface area contributed by atoms with Gasteiger partial charge in [0.05, 0.1) is 0 Å². The quantitative estimate of drug-likeness (QED) is 0.285. The zero-order valence-electron chi connectivity index (χ0n) is 22.4. The second-order valence-electron chi connectivity index (χ2n) is 12.2. The van der Waals surface area contributed by atoms with E-state index in [2.05, 4.69) is 64.8 Å². The summed E-state index contributed by atoms with van der Waals surface area (Å²) in [5.74, 6) is 0.0675. The standard InChI is InChI=1S/C28H45Cl2N3O/c1-9-21(29)19-22(30)11-12-24-25(34)33(23(10-2)13-14-26(3,4)5)28(31-24)16-18-32(20-28)17-15-27(6,7)8/h9,11,19,23H,1,10,12-18,20H2,2-8H3/b21-19+,22-11+. The van der Waals surface area contributed by atoms with Gasteiger partial charge >= 0.3 is 0 Å². The monoisotopic (exact) mass is 509 g/mol. The number of amides is 1. The van der Waals surface area contributed by atoms with Gasteiger partial charge in [0.1, 0.15) is 11.4 Å². The molecule has 2 rings (SSSR count). The molecule has 192 valence electrons. The molecule has 0 aromatic carbocycles. The van der Waals surface area contributed by atoms with E-state index in [1.807, 2.05) is 6.08 Å². The molecule has 0 aromatic rings. The maximum Gasteiger partial charge on any atom is 0.270 e. The van der Waals surface area contributed by atoms with Crippen molar-refractivity contribution in [2.45, 2.75) is 98.7 Å². The highest BCUT2D eigenvalue weighted by Gasteiger charge is 2.52.